The number of anilines is 1. The van der Waals surface area contributed by atoms with Gasteiger partial charge >= 0.3 is 0 Å². The molecule has 7 heteroatoms. The Labute approximate surface area is 122 Å². The van der Waals surface area contributed by atoms with Crippen molar-refractivity contribution >= 4 is 5.95 Å². The Balaban J connectivity index is 1.68. The normalized spacial score (nSPS) is 14.7. The number of rotatable bonds is 5. The largest absolute Gasteiger partial charge is 0.494 e. The number of benzene rings is 1. The third-order valence-corrected chi connectivity index (χ3v) is 3.73. The molecule has 2 aromatic rings. The van der Waals surface area contributed by atoms with Crippen molar-refractivity contribution in [2.45, 2.75) is 25.8 Å². The average molecular weight is 291 g/mol. The summed E-state index contributed by atoms with van der Waals surface area (Å²) in [5.41, 5.74) is 0.899. The predicted molar refractivity (Wildman–Crippen MR) is 75.9 cm³/mol. The highest BCUT2D eigenvalue weighted by Crippen LogP contribution is 2.19. The van der Waals surface area contributed by atoms with Crippen LogP contribution < -0.4 is 9.64 Å². The van der Waals surface area contributed by atoms with Crippen molar-refractivity contribution in [3.05, 3.63) is 29.6 Å². The molecule has 6 nitrogen and oxygen atoms in total. The zero-order chi connectivity index (χ0) is 14.7. The van der Waals surface area contributed by atoms with Crippen LogP contribution in [0, 0.1) is 5.82 Å². The van der Waals surface area contributed by atoms with Crippen LogP contribution in [-0.4, -0.2) is 40.4 Å². The van der Waals surface area contributed by atoms with Gasteiger partial charge in [0.2, 0.25) is 5.95 Å². The Bertz CT molecular complexity index is 609. The van der Waals surface area contributed by atoms with Gasteiger partial charge in [0.05, 0.1) is 13.7 Å². The average Bonchev–Trinajstić information content (AvgIpc) is 3.16. The fourth-order valence-corrected chi connectivity index (χ4v) is 2.59. The van der Waals surface area contributed by atoms with E-state index in [0.29, 0.717) is 13.0 Å². The number of ether oxygens (including phenoxy) is 1. The van der Waals surface area contributed by atoms with Gasteiger partial charge in [0.15, 0.2) is 11.6 Å². The summed E-state index contributed by atoms with van der Waals surface area (Å²) in [4.78, 5) is 2.19. The second-order valence-corrected chi connectivity index (χ2v) is 5.12. The zero-order valence-electron chi connectivity index (χ0n) is 12.0. The molecule has 1 aromatic heterocycles. The highest BCUT2D eigenvalue weighted by Gasteiger charge is 2.18. The monoisotopic (exact) mass is 291 g/mol. The lowest BCUT2D eigenvalue weighted by molar-refractivity contribution is 0.386. The molecule has 0 bridgehead atoms. The minimum atomic E-state index is -0.341. The van der Waals surface area contributed by atoms with Gasteiger partial charge in [-0.2, -0.15) is 0 Å². The zero-order valence-corrected chi connectivity index (χ0v) is 12.0. The number of aryl methyl sites for hydroxylation is 2. The molecule has 0 saturated carbocycles. The van der Waals surface area contributed by atoms with Crippen molar-refractivity contribution < 1.29 is 9.13 Å². The summed E-state index contributed by atoms with van der Waals surface area (Å²) in [5, 5.41) is 11.9. The second kappa shape index (κ2) is 6.07. The van der Waals surface area contributed by atoms with Gasteiger partial charge in [-0.15, -0.1) is 0 Å². The molecule has 0 amide bonds. The van der Waals surface area contributed by atoms with Crippen molar-refractivity contribution in [1.82, 2.24) is 20.2 Å². The summed E-state index contributed by atoms with van der Waals surface area (Å²) in [6.45, 7) is 2.62. The van der Waals surface area contributed by atoms with Crippen LogP contribution in [0.4, 0.5) is 10.3 Å². The first-order valence-corrected chi connectivity index (χ1v) is 7.11. The van der Waals surface area contributed by atoms with E-state index in [2.05, 4.69) is 20.4 Å². The van der Waals surface area contributed by atoms with Gasteiger partial charge in [0.25, 0.3) is 0 Å². The van der Waals surface area contributed by atoms with Crippen molar-refractivity contribution in [1.29, 1.82) is 0 Å². The molecule has 3 rings (SSSR count). The van der Waals surface area contributed by atoms with Crippen LogP contribution >= 0.6 is 0 Å². The maximum Gasteiger partial charge on any atom is 0.245 e. The van der Waals surface area contributed by atoms with E-state index in [1.165, 1.54) is 26.0 Å². The molecule has 1 saturated heterocycles. The molecule has 1 fully saturated rings. The van der Waals surface area contributed by atoms with Crippen LogP contribution in [0.5, 0.6) is 5.75 Å². The van der Waals surface area contributed by atoms with Gasteiger partial charge in [-0.05, 0) is 47.4 Å². The lowest BCUT2D eigenvalue weighted by Gasteiger charge is -2.15. The van der Waals surface area contributed by atoms with E-state index < -0.39 is 0 Å². The standard InChI is InChI=1S/C14H18FN5O/c1-21-13-5-4-11(10-12(13)15)6-9-20-14(16-17-18-20)19-7-2-3-8-19/h4-5,10H,2-3,6-9H2,1H3. The lowest BCUT2D eigenvalue weighted by Crippen LogP contribution is -2.23. The molecule has 21 heavy (non-hydrogen) atoms. The Kier molecular flexibility index (Phi) is 3.98. The molecule has 0 N–H and O–H groups in total. The van der Waals surface area contributed by atoms with Crippen LogP contribution in [0.15, 0.2) is 18.2 Å². The summed E-state index contributed by atoms with van der Waals surface area (Å²) in [6, 6.07) is 5.01. The summed E-state index contributed by atoms with van der Waals surface area (Å²) < 4.78 is 20.4. The molecule has 1 aliphatic heterocycles. The van der Waals surface area contributed by atoms with Gasteiger partial charge in [-0.1, -0.05) is 11.2 Å². The van der Waals surface area contributed by atoms with Crippen LogP contribution in [0.1, 0.15) is 18.4 Å². The molecule has 1 aliphatic rings. The number of hydrogen-bond acceptors (Lipinski definition) is 5. The second-order valence-electron chi connectivity index (χ2n) is 5.12. The summed E-state index contributed by atoms with van der Waals surface area (Å²) in [6.07, 6.45) is 3.03. The van der Waals surface area contributed by atoms with Crippen molar-refractivity contribution in [2.24, 2.45) is 0 Å². The number of methoxy groups -OCH3 is 1. The third-order valence-electron chi connectivity index (χ3n) is 3.73. The molecular weight excluding hydrogens is 273 g/mol. The molecule has 0 atom stereocenters. The van der Waals surface area contributed by atoms with Gasteiger partial charge in [0, 0.05) is 13.1 Å². The fraction of sp³-hybridized carbons (Fsp3) is 0.500. The summed E-state index contributed by atoms with van der Waals surface area (Å²) >= 11 is 0. The van der Waals surface area contributed by atoms with Crippen LogP contribution in [0.2, 0.25) is 0 Å². The molecule has 0 aliphatic carbocycles. The summed E-state index contributed by atoms with van der Waals surface area (Å²) in [5.74, 6) is 0.729. The maximum atomic E-state index is 13.7. The Morgan fingerprint density at radius 1 is 1.29 bits per heavy atom. The fourth-order valence-electron chi connectivity index (χ4n) is 2.59. The van der Waals surface area contributed by atoms with E-state index in [0.717, 1.165) is 24.6 Å². The third kappa shape index (κ3) is 2.96. The smallest absolute Gasteiger partial charge is 0.245 e. The van der Waals surface area contributed by atoms with Crippen molar-refractivity contribution in [2.75, 3.05) is 25.1 Å². The highest BCUT2D eigenvalue weighted by molar-refractivity contribution is 5.31. The highest BCUT2D eigenvalue weighted by atomic mass is 19.1. The predicted octanol–water partition coefficient (Wildman–Crippen LogP) is 1.66. The minimum absolute atomic E-state index is 0.263. The Morgan fingerprint density at radius 3 is 2.81 bits per heavy atom. The Hall–Kier alpha value is -2.18. The van der Waals surface area contributed by atoms with Crippen LogP contribution in [-0.2, 0) is 13.0 Å². The number of halogens is 1. The lowest BCUT2D eigenvalue weighted by atomic mass is 10.1. The quantitative estimate of drug-likeness (QED) is 0.838. The van der Waals surface area contributed by atoms with Crippen molar-refractivity contribution in [3.8, 4) is 5.75 Å². The first kappa shape index (κ1) is 13.8. The van der Waals surface area contributed by atoms with Crippen molar-refractivity contribution in [3.63, 3.8) is 0 Å². The minimum Gasteiger partial charge on any atom is -0.494 e. The van der Waals surface area contributed by atoms with Gasteiger partial charge < -0.3 is 9.64 Å². The van der Waals surface area contributed by atoms with E-state index in [1.807, 2.05) is 6.07 Å². The van der Waals surface area contributed by atoms with E-state index in [1.54, 1.807) is 10.7 Å². The molecule has 0 unspecified atom stereocenters. The molecule has 2 heterocycles. The molecule has 112 valence electrons. The maximum absolute atomic E-state index is 13.7. The van der Waals surface area contributed by atoms with Gasteiger partial charge in [0.1, 0.15) is 0 Å². The van der Waals surface area contributed by atoms with E-state index >= 15 is 0 Å². The number of aromatic nitrogens is 4. The van der Waals surface area contributed by atoms with Gasteiger partial charge in [-0.3, -0.25) is 0 Å². The molecule has 0 spiro atoms. The summed E-state index contributed by atoms with van der Waals surface area (Å²) in [7, 11) is 1.46. The SMILES string of the molecule is COc1ccc(CCn2nnnc2N2CCCC2)cc1F. The van der Waals surface area contributed by atoms with Crippen LogP contribution in [0.3, 0.4) is 0 Å². The topological polar surface area (TPSA) is 56.1 Å². The van der Waals surface area contributed by atoms with Gasteiger partial charge in [-0.25, -0.2) is 9.07 Å². The number of tetrazole rings is 1. The van der Waals surface area contributed by atoms with E-state index in [-0.39, 0.29) is 11.6 Å². The van der Waals surface area contributed by atoms with E-state index in [9.17, 15) is 4.39 Å². The van der Waals surface area contributed by atoms with Crippen LogP contribution in [0.25, 0.3) is 0 Å². The molecule has 0 radical (unpaired) electrons. The molecular formula is C14H18FN5O. The number of hydrogen-bond donors (Lipinski definition) is 0. The first-order valence-electron chi connectivity index (χ1n) is 7.11. The van der Waals surface area contributed by atoms with E-state index in [4.69, 9.17) is 4.74 Å². The Morgan fingerprint density at radius 2 is 2.10 bits per heavy atom. The molecule has 1 aromatic carbocycles. The number of nitrogens with zero attached hydrogens (tertiary/aromatic N) is 5. The first-order chi connectivity index (χ1) is 10.3.